The van der Waals surface area contributed by atoms with Gasteiger partial charge >= 0.3 is 5.97 Å². The third-order valence-electron chi connectivity index (χ3n) is 1.14. The van der Waals surface area contributed by atoms with Gasteiger partial charge in [-0.25, -0.2) is 4.79 Å². The van der Waals surface area contributed by atoms with Crippen LogP contribution < -0.4 is 0 Å². The van der Waals surface area contributed by atoms with Crippen molar-refractivity contribution in [3.63, 3.8) is 0 Å². The number of aliphatic hydroxyl groups excluding tert-OH is 1. The van der Waals surface area contributed by atoms with Gasteiger partial charge in [-0.05, 0) is 0 Å². The molecule has 1 rings (SSSR count). The summed E-state index contributed by atoms with van der Waals surface area (Å²) in [7, 11) is 0. The summed E-state index contributed by atoms with van der Waals surface area (Å²) in [5.41, 5.74) is 0. The normalized spacial score (nSPS) is 11.8. The molecular formula is C5H8ClN3O3. The first kappa shape index (κ1) is 10.9. The number of halogens is 1. The van der Waals surface area contributed by atoms with Crippen LogP contribution in [-0.2, 0) is 11.3 Å². The minimum Gasteiger partial charge on any atom is -0.479 e. The Labute approximate surface area is 74.3 Å². The summed E-state index contributed by atoms with van der Waals surface area (Å²) >= 11 is 0. The highest BCUT2D eigenvalue weighted by Crippen LogP contribution is 1.89. The van der Waals surface area contributed by atoms with Crippen LogP contribution in [0, 0.1) is 0 Å². The van der Waals surface area contributed by atoms with E-state index in [1.807, 2.05) is 0 Å². The molecule has 6 nitrogen and oxygen atoms in total. The largest absolute Gasteiger partial charge is 0.479 e. The van der Waals surface area contributed by atoms with Crippen molar-refractivity contribution in [3.8, 4) is 0 Å². The second-order valence-corrected chi connectivity index (χ2v) is 2.01. The Balaban J connectivity index is 0.00000121. The molecule has 1 heterocycles. The van der Waals surface area contributed by atoms with Crippen molar-refractivity contribution >= 4 is 18.4 Å². The van der Waals surface area contributed by atoms with Gasteiger partial charge in [-0.2, -0.15) is 0 Å². The predicted molar refractivity (Wildman–Crippen MR) is 40.9 cm³/mol. The molecule has 0 aliphatic carbocycles. The van der Waals surface area contributed by atoms with Gasteiger partial charge in [-0.15, -0.1) is 22.6 Å². The van der Waals surface area contributed by atoms with E-state index in [9.17, 15) is 4.79 Å². The Kier molecular flexibility index (Phi) is 4.24. The SMILES string of the molecule is Cl.O=C(O)C(O)Cn1cnnc1. The average Bonchev–Trinajstić information content (AvgIpc) is 2.39. The Morgan fingerprint density at radius 1 is 1.50 bits per heavy atom. The van der Waals surface area contributed by atoms with E-state index in [0.29, 0.717) is 0 Å². The first-order valence-electron chi connectivity index (χ1n) is 2.93. The Morgan fingerprint density at radius 2 is 2.00 bits per heavy atom. The fourth-order valence-corrected chi connectivity index (χ4v) is 0.594. The number of nitrogens with zero attached hydrogens (tertiary/aromatic N) is 3. The maximum Gasteiger partial charge on any atom is 0.334 e. The molecule has 0 aromatic carbocycles. The van der Waals surface area contributed by atoms with Gasteiger partial charge in [0.2, 0.25) is 0 Å². The summed E-state index contributed by atoms with van der Waals surface area (Å²) in [6.07, 6.45) is 1.28. The lowest BCUT2D eigenvalue weighted by atomic mass is 10.4. The van der Waals surface area contributed by atoms with Crippen LogP contribution in [0.15, 0.2) is 12.7 Å². The first-order chi connectivity index (χ1) is 5.20. The highest BCUT2D eigenvalue weighted by atomic mass is 35.5. The fraction of sp³-hybridized carbons (Fsp3) is 0.400. The molecule has 1 aromatic heterocycles. The monoisotopic (exact) mass is 193 g/mol. The number of aliphatic carboxylic acids is 1. The molecule has 0 radical (unpaired) electrons. The lowest BCUT2D eigenvalue weighted by molar-refractivity contribution is -0.147. The maximum absolute atomic E-state index is 10.1. The van der Waals surface area contributed by atoms with E-state index >= 15 is 0 Å². The number of hydrogen-bond acceptors (Lipinski definition) is 4. The van der Waals surface area contributed by atoms with Gasteiger partial charge in [0.1, 0.15) is 12.7 Å². The zero-order valence-electron chi connectivity index (χ0n) is 5.99. The molecule has 2 N–H and O–H groups in total. The number of aliphatic hydroxyl groups is 1. The van der Waals surface area contributed by atoms with Gasteiger partial charge in [0.05, 0.1) is 6.54 Å². The average molecular weight is 194 g/mol. The zero-order valence-corrected chi connectivity index (χ0v) is 6.81. The molecule has 0 saturated heterocycles. The highest BCUT2D eigenvalue weighted by Gasteiger charge is 2.12. The molecule has 0 aliphatic rings. The quantitative estimate of drug-likeness (QED) is 0.653. The smallest absolute Gasteiger partial charge is 0.334 e. The minimum atomic E-state index is -1.40. The molecular weight excluding hydrogens is 186 g/mol. The van der Waals surface area contributed by atoms with Gasteiger partial charge in [-0.3, -0.25) is 0 Å². The highest BCUT2D eigenvalue weighted by molar-refractivity contribution is 5.85. The fourth-order valence-electron chi connectivity index (χ4n) is 0.594. The first-order valence-corrected chi connectivity index (χ1v) is 2.93. The summed E-state index contributed by atoms with van der Waals surface area (Å²) in [5.74, 6) is -1.25. The van der Waals surface area contributed by atoms with Gasteiger partial charge < -0.3 is 14.8 Å². The van der Waals surface area contributed by atoms with Gasteiger partial charge in [0.25, 0.3) is 0 Å². The lowest BCUT2D eigenvalue weighted by Crippen LogP contribution is -2.24. The van der Waals surface area contributed by atoms with E-state index in [-0.39, 0.29) is 19.0 Å². The molecule has 1 aromatic rings. The van der Waals surface area contributed by atoms with E-state index in [1.54, 1.807) is 0 Å². The third kappa shape index (κ3) is 2.85. The van der Waals surface area contributed by atoms with Crippen molar-refractivity contribution in [2.24, 2.45) is 0 Å². The Hall–Kier alpha value is -1.14. The topological polar surface area (TPSA) is 88.2 Å². The summed E-state index contributed by atoms with van der Waals surface area (Å²) < 4.78 is 1.39. The van der Waals surface area contributed by atoms with Crippen molar-refractivity contribution in [2.75, 3.05) is 0 Å². The number of rotatable bonds is 3. The van der Waals surface area contributed by atoms with Crippen LogP contribution in [0.3, 0.4) is 0 Å². The molecule has 0 amide bonds. The van der Waals surface area contributed by atoms with Crippen molar-refractivity contribution in [2.45, 2.75) is 12.6 Å². The number of carbonyl (C=O) groups is 1. The summed E-state index contributed by atoms with van der Waals surface area (Å²) in [6.45, 7) is -0.0255. The van der Waals surface area contributed by atoms with Crippen molar-refractivity contribution in [3.05, 3.63) is 12.7 Å². The van der Waals surface area contributed by atoms with Crippen LogP contribution in [0.1, 0.15) is 0 Å². The van der Waals surface area contributed by atoms with E-state index in [1.165, 1.54) is 17.2 Å². The summed E-state index contributed by atoms with van der Waals surface area (Å²) in [5, 5.41) is 24.0. The Morgan fingerprint density at radius 3 is 2.42 bits per heavy atom. The number of carboxylic acids is 1. The summed E-state index contributed by atoms with van der Waals surface area (Å²) in [4.78, 5) is 10.1. The molecule has 0 fully saturated rings. The van der Waals surface area contributed by atoms with Crippen LogP contribution in [0.2, 0.25) is 0 Å². The summed E-state index contributed by atoms with van der Waals surface area (Å²) in [6, 6.07) is 0. The van der Waals surface area contributed by atoms with Crippen molar-refractivity contribution in [1.82, 2.24) is 14.8 Å². The number of carboxylic acid groups (broad SMARTS) is 1. The molecule has 7 heteroatoms. The molecule has 68 valence electrons. The van der Waals surface area contributed by atoms with Gasteiger partial charge in [0, 0.05) is 0 Å². The van der Waals surface area contributed by atoms with Crippen molar-refractivity contribution < 1.29 is 15.0 Å². The number of hydrogen-bond donors (Lipinski definition) is 2. The third-order valence-corrected chi connectivity index (χ3v) is 1.14. The van der Waals surface area contributed by atoms with E-state index < -0.39 is 12.1 Å². The van der Waals surface area contributed by atoms with Crippen LogP contribution in [0.4, 0.5) is 0 Å². The van der Waals surface area contributed by atoms with E-state index in [2.05, 4.69) is 10.2 Å². The van der Waals surface area contributed by atoms with Gasteiger partial charge in [0.15, 0.2) is 6.10 Å². The molecule has 0 aliphatic heterocycles. The maximum atomic E-state index is 10.1. The van der Waals surface area contributed by atoms with Crippen LogP contribution >= 0.6 is 12.4 Å². The van der Waals surface area contributed by atoms with Crippen molar-refractivity contribution in [1.29, 1.82) is 0 Å². The Bertz CT molecular complexity index is 238. The van der Waals surface area contributed by atoms with Crippen LogP contribution in [-0.4, -0.2) is 37.1 Å². The zero-order chi connectivity index (χ0) is 8.27. The molecule has 0 saturated carbocycles. The minimum absolute atomic E-state index is 0. The van der Waals surface area contributed by atoms with E-state index in [0.717, 1.165) is 0 Å². The molecule has 0 spiro atoms. The second kappa shape index (κ2) is 4.68. The number of aromatic nitrogens is 3. The molecule has 1 unspecified atom stereocenters. The van der Waals surface area contributed by atoms with Crippen LogP contribution in [0.25, 0.3) is 0 Å². The molecule has 12 heavy (non-hydrogen) atoms. The molecule has 0 bridgehead atoms. The van der Waals surface area contributed by atoms with Crippen LogP contribution in [0.5, 0.6) is 0 Å². The van der Waals surface area contributed by atoms with Gasteiger partial charge in [-0.1, -0.05) is 0 Å². The second-order valence-electron chi connectivity index (χ2n) is 2.01. The molecule has 1 atom stereocenters. The standard InChI is InChI=1S/C5H7N3O3.ClH/c9-4(5(10)11)1-8-2-6-7-3-8;/h2-4,9H,1H2,(H,10,11);1H. The lowest BCUT2D eigenvalue weighted by Gasteiger charge is -2.03. The predicted octanol–water partition coefficient (Wildman–Crippen LogP) is -0.855. The van der Waals surface area contributed by atoms with E-state index in [4.69, 9.17) is 10.2 Å².